The van der Waals surface area contributed by atoms with Gasteiger partial charge in [0.05, 0.1) is 7.11 Å². The zero-order valence-electron chi connectivity index (χ0n) is 29.9. The first-order valence-electron chi connectivity index (χ1n) is 17.7. The second kappa shape index (κ2) is 13.9. The average Bonchev–Trinajstić information content (AvgIpc) is 3.35. The van der Waals surface area contributed by atoms with Crippen LogP contribution in [0.4, 0.5) is 16.2 Å². The number of hydrogen-bond acceptors (Lipinski definition) is 7. The Morgan fingerprint density at radius 2 is 1.81 bits per heavy atom. The largest absolute Gasteiger partial charge is 0.453 e. The number of likely N-dealkylation sites (N-methyl/N-ethyl adjacent to an activating group) is 1. The van der Waals surface area contributed by atoms with Crippen LogP contribution in [0.3, 0.4) is 0 Å². The van der Waals surface area contributed by atoms with Gasteiger partial charge in [-0.05, 0) is 118 Å². The fourth-order valence-corrected chi connectivity index (χ4v) is 8.59. The Hall–Kier alpha value is -3.98. The number of dihydropyridines is 1. The van der Waals surface area contributed by atoms with Gasteiger partial charge < -0.3 is 34.8 Å². The molecule has 2 saturated heterocycles. The number of allylic oxidation sites excluding steroid dienone is 3. The van der Waals surface area contributed by atoms with E-state index in [1.165, 1.54) is 29.5 Å². The molecule has 2 amide bonds. The third-order valence-electron chi connectivity index (χ3n) is 11.3. The van der Waals surface area contributed by atoms with Gasteiger partial charge in [0.25, 0.3) is 5.91 Å². The zero-order valence-corrected chi connectivity index (χ0v) is 29.9. The van der Waals surface area contributed by atoms with E-state index >= 15 is 0 Å². The smallest absolute Gasteiger partial charge is 0.409 e. The molecule has 0 saturated carbocycles. The molecule has 1 spiro atoms. The fourth-order valence-electron chi connectivity index (χ4n) is 8.59. The van der Waals surface area contributed by atoms with Crippen molar-refractivity contribution in [2.45, 2.75) is 77.8 Å². The van der Waals surface area contributed by atoms with E-state index in [9.17, 15) is 9.59 Å². The third-order valence-corrected chi connectivity index (χ3v) is 11.3. The molecular weight excluding hydrogens is 602 g/mol. The average molecular weight is 656 g/mol. The summed E-state index contributed by atoms with van der Waals surface area (Å²) in [4.78, 5) is 32.9. The molecule has 4 heterocycles. The number of fused-ring (bicyclic) bond motifs is 2. The van der Waals surface area contributed by atoms with E-state index < -0.39 is 0 Å². The van der Waals surface area contributed by atoms with Crippen LogP contribution in [0.15, 0.2) is 53.3 Å². The van der Waals surface area contributed by atoms with E-state index in [4.69, 9.17) is 9.47 Å². The molecular formula is C39H53N5O4. The van der Waals surface area contributed by atoms with E-state index in [0.717, 1.165) is 85.6 Å². The minimum Gasteiger partial charge on any atom is -0.453 e. The molecule has 9 heteroatoms. The highest BCUT2D eigenvalue weighted by Gasteiger charge is 2.44. The van der Waals surface area contributed by atoms with Crippen LogP contribution >= 0.6 is 0 Å². The van der Waals surface area contributed by atoms with Gasteiger partial charge in [0.1, 0.15) is 0 Å². The molecule has 6 rings (SSSR count). The lowest BCUT2D eigenvalue weighted by molar-refractivity contribution is 0.0846. The summed E-state index contributed by atoms with van der Waals surface area (Å²) in [5.41, 5.74) is 11.2. The number of piperidine rings is 1. The number of ether oxygens (including phenoxy) is 2. The summed E-state index contributed by atoms with van der Waals surface area (Å²) in [5.74, 6) is -0.0491. The van der Waals surface area contributed by atoms with Crippen LogP contribution in [-0.2, 0) is 14.9 Å². The van der Waals surface area contributed by atoms with E-state index in [-0.39, 0.29) is 23.5 Å². The van der Waals surface area contributed by atoms with Gasteiger partial charge in [0.2, 0.25) is 0 Å². The number of nitrogens with one attached hydrogen (secondary N) is 2. The maximum Gasteiger partial charge on any atom is 0.409 e. The Morgan fingerprint density at radius 1 is 1.08 bits per heavy atom. The highest BCUT2D eigenvalue weighted by Crippen LogP contribution is 2.48. The maximum atomic E-state index is 14.1. The number of rotatable bonds is 7. The van der Waals surface area contributed by atoms with Crippen molar-refractivity contribution in [1.82, 2.24) is 15.5 Å². The molecule has 4 aliphatic rings. The molecule has 0 aromatic heterocycles. The maximum absolute atomic E-state index is 14.1. The number of anilines is 2. The summed E-state index contributed by atoms with van der Waals surface area (Å²) in [7, 11) is 3.62. The molecule has 0 bridgehead atoms. The Bertz CT molecular complexity index is 1620. The molecule has 0 aliphatic carbocycles. The van der Waals surface area contributed by atoms with Crippen molar-refractivity contribution in [2.24, 2.45) is 0 Å². The topological polar surface area (TPSA) is 86.4 Å². The van der Waals surface area contributed by atoms with Crippen molar-refractivity contribution in [3.05, 3.63) is 69.9 Å². The molecule has 0 radical (unpaired) electrons. The second-order valence-electron chi connectivity index (χ2n) is 14.2. The lowest BCUT2D eigenvalue weighted by Gasteiger charge is -2.39. The number of likely N-dealkylation sites (tertiary alicyclic amines) is 1. The lowest BCUT2D eigenvalue weighted by Crippen LogP contribution is -2.46. The minimum absolute atomic E-state index is 0.0182. The van der Waals surface area contributed by atoms with Crippen molar-refractivity contribution < 1.29 is 19.1 Å². The van der Waals surface area contributed by atoms with Crippen LogP contribution in [-0.4, -0.2) is 89.1 Å². The summed E-state index contributed by atoms with van der Waals surface area (Å²) in [5, 5.41) is 6.78. The number of benzene rings is 2. The zero-order chi connectivity index (χ0) is 34.2. The normalized spacial score (nSPS) is 20.7. The summed E-state index contributed by atoms with van der Waals surface area (Å²) in [6.07, 6.45) is 5.68. The molecule has 2 N–H and O–H groups in total. The lowest BCUT2D eigenvalue weighted by atomic mass is 9.74. The van der Waals surface area contributed by atoms with Gasteiger partial charge in [-0.25, -0.2) is 4.79 Å². The monoisotopic (exact) mass is 655 g/mol. The van der Waals surface area contributed by atoms with Gasteiger partial charge in [0, 0.05) is 93.1 Å². The Kier molecular flexibility index (Phi) is 9.79. The molecule has 2 aromatic rings. The molecule has 4 aliphatic heterocycles. The van der Waals surface area contributed by atoms with E-state index in [1.54, 1.807) is 0 Å². The Morgan fingerprint density at radius 3 is 2.48 bits per heavy atom. The SMILES string of the molecule is CCN(c1cc(-c2ccc3c(c2)N(C)CC32CCN(C(=O)OC)CC2)cc(C(=O)NCC2=C(C)C=C(C)NC2C)c1C)C1CCOCC1. The van der Waals surface area contributed by atoms with Gasteiger partial charge in [-0.2, -0.15) is 0 Å². The highest BCUT2D eigenvalue weighted by molar-refractivity contribution is 5.99. The van der Waals surface area contributed by atoms with Crippen LogP contribution in [0.25, 0.3) is 11.1 Å². The number of nitrogens with zero attached hydrogens (tertiary/aromatic N) is 3. The van der Waals surface area contributed by atoms with Crippen LogP contribution in [0.5, 0.6) is 0 Å². The van der Waals surface area contributed by atoms with Gasteiger partial charge in [0.15, 0.2) is 0 Å². The summed E-state index contributed by atoms with van der Waals surface area (Å²) in [6, 6.07) is 11.7. The van der Waals surface area contributed by atoms with Crippen LogP contribution in [0.1, 0.15) is 74.9 Å². The first-order chi connectivity index (χ1) is 23.0. The van der Waals surface area contributed by atoms with Crippen molar-refractivity contribution >= 4 is 23.4 Å². The molecule has 48 heavy (non-hydrogen) atoms. The quantitative estimate of drug-likeness (QED) is 0.370. The molecule has 2 aromatic carbocycles. The van der Waals surface area contributed by atoms with Gasteiger partial charge in [-0.1, -0.05) is 12.1 Å². The number of amides is 2. The Labute approximate surface area is 286 Å². The molecule has 1 atom stereocenters. The summed E-state index contributed by atoms with van der Waals surface area (Å²) >= 11 is 0. The van der Waals surface area contributed by atoms with Crippen molar-refractivity contribution in [3.8, 4) is 11.1 Å². The number of methoxy groups -OCH3 is 1. The van der Waals surface area contributed by atoms with E-state index in [0.29, 0.717) is 25.7 Å². The van der Waals surface area contributed by atoms with Crippen LogP contribution in [0, 0.1) is 6.92 Å². The summed E-state index contributed by atoms with van der Waals surface area (Å²) in [6.45, 7) is 15.9. The van der Waals surface area contributed by atoms with Gasteiger partial charge >= 0.3 is 6.09 Å². The second-order valence-corrected chi connectivity index (χ2v) is 14.2. The number of carbonyl (C=O) groups excluding carboxylic acids is 2. The first kappa shape index (κ1) is 33.9. The van der Waals surface area contributed by atoms with Crippen LogP contribution in [0.2, 0.25) is 0 Å². The van der Waals surface area contributed by atoms with Crippen LogP contribution < -0.4 is 20.4 Å². The van der Waals surface area contributed by atoms with Crippen molar-refractivity contribution in [3.63, 3.8) is 0 Å². The van der Waals surface area contributed by atoms with Crippen molar-refractivity contribution in [1.29, 1.82) is 0 Å². The third kappa shape index (κ3) is 6.41. The van der Waals surface area contributed by atoms with E-state index in [2.05, 4.69) is 98.5 Å². The first-order valence-corrected chi connectivity index (χ1v) is 17.7. The molecule has 258 valence electrons. The van der Waals surface area contributed by atoms with Gasteiger partial charge in [-0.3, -0.25) is 4.79 Å². The van der Waals surface area contributed by atoms with Gasteiger partial charge in [-0.15, -0.1) is 0 Å². The Balaban J connectivity index is 1.35. The molecule has 9 nitrogen and oxygen atoms in total. The van der Waals surface area contributed by atoms with Crippen molar-refractivity contribution in [2.75, 3.05) is 69.9 Å². The predicted octanol–water partition coefficient (Wildman–Crippen LogP) is 6.16. The molecule has 1 unspecified atom stereocenters. The van der Waals surface area contributed by atoms with E-state index in [1.807, 2.05) is 4.90 Å². The standard InChI is InChI=1S/C39H53N5O4/c1-8-44(31-11-17-48-18-12-31)35-22-30(20-32(27(35)4)37(45)40-23-33-25(2)19-26(3)41-28(33)5)29-9-10-34-36(21-29)42(6)24-39(34)13-15-43(16-14-39)38(46)47-7/h9-10,19-22,28,31,41H,8,11-18,23-24H2,1-7H3,(H,40,45). The molecule has 2 fully saturated rings. The number of hydrogen-bond donors (Lipinski definition) is 2. The highest BCUT2D eigenvalue weighted by atomic mass is 16.5. The minimum atomic E-state index is -0.243. The number of carbonyl (C=O) groups is 2. The fraction of sp³-hybridized carbons (Fsp3) is 0.538. The summed E-state index contributed by atoms with van der Waals surface area (Å²) < 4.78 is 10.7. The predicted molar refractivity (Wildman–Crippen MR) is 193 cm³/mol.